The molecule has 1 amide bonds. The van der Waals surface area contributed by atoms with Crippen LogP contribution in [0.25, 0.3) is 0 Å². The number of benzene rings is 1. The summed E-state index contributed by atoms with van der Waals surface area (Å²) >= 11 is 0. The molecule has 0 radical (unpaired) electrons. The van der Waals surface area contributed by atoms with E-state index in [0.717, 1.165) is 70.8 Å². The number of allylic oxidation sites excluding steroid dienone is 2. The first-order valence-electron chi connectivity index (χ1n) is 10.1. The molecule has 2 atom stereocenters. The molecule has 1 fully saturated rings. The minimum atomic E-state index is -0.532. The van der Waals surface area contributed by atoms with Crippen molar-refractivity contribution in [2.24, 2.45) is 5.92 Å². The molecule has 0 spiro atoms. The van der Waals surface area contributed by atoms with E-state index in [9.17, 15) is 4.79 Å². The molecular formula is C22H32N2O3. The van der Waals surface area contributed by atoms with Gasteiger partial charge in [0.1, 0.15) is 0 Å². The molecule has 5 heteroatoms. The van der Waals surface area contributed by atoms with Gasteiger partial charge in [-0.25, -0.2) is 0 Å². The lowest BCUT2D eigenvalue weighted by Gasteiger charge is -2.34. The van der Waals surface area contributed by atoms with E-state index >= 15 is 0 Å². The summed E-state index contributed by atoms with van der Waals surface area (Å²) in [5.41, 5.74) is 0.921. The average Bonchev–Trinajstić information content (AvgIpc) is 2.74. The van der Waals surface area contributed by atoms with Crippen molar-refractivity contribution in [2.75, 3.05) is 53.0 Å². The van der Waals surface area contributed by atoms with Crippen molar-refractivity contribution < 1.29 is 14.3 Å². The van der Waals surface area contributed by atoms with Gasteiger partial charge in [-0.1, -0.05) is 42.5 Å². The quantitative estimate of drug-likeness (QED) is 0.658. The highest BCUT2D eigenvalue weighted by Gasteiger charge is 2.28. The summed E-state index contributed by atoms with van der Waals surface area (Å²) < 4.78 is 11.1. The summed E-state index contributed by atoms with van der Waals surface area (Å²) in [6.07, 6.45) is 7.30. The Bertz CT molecular complexity index is 599. The van der Waals surface area contributed by atoms with Gasteiger partial charge in [-0.3, -0.25) is 9.69 Å². The molecule has 0 aromatic heterocycles. The van der Waals surface area contributed by atoms with Crippen molar-refractivity contribution in [2.45, 2.75) is 25.4 Å². The number of morpholine rings is 1. The molecule has 1 aromatic rings. The Labute approximate surface area is 162 Å². The molecule has 0 bridgehead atoms. The van der Waals surface area contributed by atoms with E-state index < -0.39 is 6.10 Å². The fourth-order valence-electron chi connectivity index (χ4n) is 3.89. The normalized spacial score (nSPS) is 21.7. The Morgan fingerprint density at radius 1 is 1.26 bits per heavy atom. The molecule has 1 aliphatic heterocycles. The minimum absolute atomic E-state index is 0.0755. The highest BCUT2D eigenvalue weighted by atomic mass is 16.5. The van der Waals surface area contributed by atoms with Gasteiger partial charge < -0.3 is 14.4 Å². The standard InChI is InChI=1S/C22H32N2O3/c1-26-21(20-10-6-3-7-11-20)22(25)24(18-19-8-4-2-5-9-19)13-12-23-14-16-27-17-15-23/h2-4,6-7,10-11,19,21H,5,8-9,12-18H2,1H3/t19-,21-/m0/s1. The maximum absolute atomic E-state index is 13.4. The van der Waals surface area contributed by atoms with Crippen LogP contribution in [0.15, 0.2) is 42.5 Å². The fraction of sp³-hybridized carbons (Fsp3) is 0.591. The van der Waals surface area contributed by atoms with E-state index in [1.54, 1.807) is 7.11 Å². The Morgan fingerprint density at radius 3 is 2.70 bits per heavy atom. The van der Waals surface area contributed by atoms with Gasteiger partial charge >= 0.3 is 0 Å². The van der Waals surface area contributed by atoms with Crippen LogP contribution in [-0.4, -0.2) is 68.8 Å². The molecular weight excluding hydrogens is 340 g/mol. The van der Waals surface area contributed by atoms with E-state index in [4.69, 9.17) is 9.47 Å². The van der Waals surface area contributed by atoms with Crippen molar-refractivity contribution in [3.63, 3.8) is 0 Å². The first-order chi connectivity index (χ1) is 13.3. The lowest BCUT2D eigenvalue weighted by molar-refractivity contribution is -0.143. The minimum Gasteiger partial charge on any atom is -0.379 e. The van der Waals surface area contributed by atoms with Crippen LogP contribution in [-0.2, 0) is 14.3 Å². The van der Waals surface area contributed by atoms with Crippen molar-refractivity contribution >= 4 is 5.91 Å². The van der Waals surface area contributed by atoms with E-state index in [0.29, 0.717) is 5.92 Å². The number of ether oxygens (including phenoxy) is 2. The summed E-state index contributed by atoms with van der Waals surface area (Å²) in [6, 6.07) is 9.81. The molecule has 1 heterocycles. The van der Waals surface area contributed by atoms with Crippen molar-refractivity contribution in [3.8, 4) is 0 Å². The van der Waals surface area contributed by atoms with Crippen LogP contribution in [0.4, 0.5) is 0 Å². The Balaban J connectivity index is 1.68. The van der Waals surface area contributed by atoms with Gasteiger partial charge in [-0.2, -0.15) is 0 Å². The third-order valence-corrected chi connectivity index (χ3v) is 5.52. The SMILES string of the molecule is CO[C@H](C(=O)N(CCN1CCOCC1)C[C@H]1CC=CCC1)c1ccccc1. The lowest BCUT2D eigenvalue weighted by Crippen LogP contribution is -2.46. The highest BCUT2D eigenvalue weighted by molar-refractivity contribution is 5.82. The van der Waals surface area contributed by atoms with E-state index in [-0.39, 0.29) is 5.91 Å². The summed E-state index contributed by atoms with van der Waals surface area (Å²) in [7, 11) is 1.62. The molecule has 0 N–H and O–H groups in total. The number of nitrogens with zero attached hydrogens (tertiary/aromatic N) is 2. The number of hydrogen-bond acceptors (Lipinski definition) is 4. The molecule has 1 saturated heterocycles. The zero-order chi connectivity index (χ0) is 18.9. The Kier molecular flexibility index (Phi) is 7.87. The number of hydrogen-bond donors (Lipinski definition) is 0. The van der Waals surface area contributed by atoms with E-state index in [1.807, 2.05) is 35.2 Å². The van der Waals surface area contributed by atoms with Gasteiger partial charge in [0, 0.05) is 39.8 Å². The predicted octanol–water partition coefficient (Wildman–Crippen LogP) is 2.89. The zero-order valence-corrected chi connectivity index (χ0v) is 16.4. The van der Waals surface area contributed by atoms with Crippen molar-refractivity contribution in [3.05, 3.63) is 48.0 Å². The molecule has 1 aliphatic carbocycles. The second kappa shape index (κ2) is 10.6. The molecule has 2 aliphatic rings. The van der Waals surface area contributed by atoms with Crippen LogP contribution in [0.5, 0.6) is 0 Å². The predicted molar refractivity (Wildman–Crippen MR) is 107 cm³/mol. The smallest absolute Gasteiger partial charge is 0.256 e. The van der Waals surface area contributed by atoms with Gasteiger partial charge in [0.25, 0.3) is 5.91 Å². The van der Waals surface area contributed by atoms with Crippen LogP contribution < -0.4 is 0 Å². The largest absolute Gasteiger partial charge is 0.379 e. The second-order valence-corrected chi connectivity index (χ2v) is 7.42. The maximum atomic E-state index is 13.4. The first kappa shape index (κ1) is 20.1. The summed E-state index contributed by atoms with van der Waals surface area (Å²) in [4.78, 5) is 17.8. The summed E-state index contributed by atoms with van der Waals surface area (Å²) in [5, 5.41) is 0. The number of amides is 1. The van der Waals surface area contributed by atoms with Crippen LogP contribution in [0.3, 0.4) is 0 Å². The van der Waals surface area contributed by atoms with Gasteiger partial charge in [-0.15, -0.1) is 0 Å². The highest BCUT2D eigenvalue weighted by Crippen LogP contribution is 2.23. The Hall–Kier alpha value is -1.69. The van der Waals surface area contributed by atoms with Gasteiger partial charge in [0.05, 0.1) is 13.2 Å². The number of rotatable bonds is 8. The molecule has 3 rings (SSSR count). The van der Waals surface area contributed by atoms with Crippen LogP contribution in [0, 0.1) is 5.92 Å². The van der Waals surface area contributed by atoms with Gasteiger partial charge in [-0.05, 0) is 30.7 Å². The third-order valence-electron chi connectivity index (χ3n) is 5.52. The first-order valence-corrected chi connectivity index (χ1v) is 10.1. The average molecular weight is 373 g/mol. The van der Waals surface area contributed by atoms with Crippen LogP contribution in [0.2, 0.25) is 0 Å². The second-order valence-electron chi connectivity index (χ2n) is 7.42. The molecule has 148 valence electrons. The molecule has 5 nitrogen and oxygen atoms in total. The number of carbonyl (C=O) groups excluding carboxylic acids is 1. The zero-order valence-electron chi connectivity index (χ0n) is 16.4. The molecule has 0 unspecified atom stereocenters. The number of carbonyl (C=O) groups is 1. The fourth-order valence-corrected chi connectivity index (χ4v) is 3.89. The van der Waals surface area contributed by atoms with Crippen molar-refractivity contribution in [1.29, 1.82) is 0 Å². The lowest BCUT2D eigenvalue weighted by atomic mass is 9.93. The third kappa shape index (κ3) is 5.89. The van der Waals surface area contributed by atoms with Gasteiger partial charge in [0.2, 0.25) is 0 Å². The van der Waals surface area contributed by atoms with Gasteiger partial charge in [0.15, 0.2) is 6.10 Å². The van der Waals surface area contributed by atoms with Crippen LogP contribution in [0.1, 0.15) is 30.9 Å². The summed E-state index contributed by atoms with van der Waals surface area (Å²) in [6.45, 7) is 5.90. The monoisotopic (exact) mass is 372 g/mol. The van der Waals surface area contributed by atoms with E-state index in [1.165, 1.54) is 0 Å². The Morgan fingerprint density at radius 2 is 2.04 bits per heavy atom. The molecule has 1 aromatic carbocycles. The topological polar surface area (TPSA) is 42.0 Å². The maximum Gasteiger partial charge on any atom is 0.256 e. The summed E-state index contributed by atoms with van der Waals surface area (Å²) in [5.74, 6) is 0.614. The number of methoxy groups -OCH3 is 1. The molecule has 0 saturated carbocycles. The van der Waals surface area contributed by atoms with E-state index in [2.05, 4.69) is 17.1 Å². The van der Waals surface area contributed by atoms with Crippen molar-refractivity contribution in [1.82, 2.24) is 9.80 Å². The molecule has 27 heavy (non-hydrogen) atoms. The van der Waals surface area contributed by atoms with Crippen LogP contribution >= 0.6 is 0 Å².